The zero-order valence-corrected chi connectivity index (χ0v) is 12.4. The zero-order chi connectivity index (χ0) is 15.8. The van der Waals surface area contributed by atoms with E-state index in [0.29, 0.717) is 0 Å². The van der Waals surface area contributed by atoms with E-state index in [-0.39, 0.29) is 25.3 Å². The number of carbonyl (C=O) groups is 3. The molecule has 0 radical (unpaired) electrons. The Kier molecular flexibility index (Phi) is 6.98. The van der Waals surface area contributed by atoms with Gasteiger partial charge in [-0.15, -0.1) is 0 Å². The van der Waals surface area contributed by atoms with Crippen molar-refractivity contribution in [1.82, 2.24) is 10.2 Å². The highest BCUT2D eigenvalue weighted by molar-refractivity contribution is 5.82. The number of nitrogens with one attached hydrogen (secondary N) is 1. The molecular weight excluding hydrogens is 276 g/mol. The average Bonchev–Trinajstić information content (AvgIpc) is 2.45. The Balaban J connectivity index is 2.46. The van der Waals surface area contributed by atoms with E-state index in [2.05, 4.69) is 5.32 Å². The molecule has 21 heavy (non-hydrogen) atoms. The summed E-state index contributed by atoms with van der Waals surface area (Å²) in [4.78, 5) is 35.2. The largest absolute Gasteiger partial charge is 0.481 e. The predicted octanol–water partition coefficient (Wildman–Crippen LogP) is 1.67. The lowest BCUT2D eigenvalue weighted by atomic mass is 9.95. The van der Waals surface area contributed by atoms with Crippen molar-refractivity contribution in [2.24, 2.45) is 0 Å². The third-order valence-electron chi connectivity index (χ3n) is 3.92. The van der Waals surface area contributed by atoms with Crippen LogP contribution in [0, 0.1) is 0 Å². The first kappa shape index (κ1) is 17.3. The number of carboxylic acids is 2. The second-order valence-corrected chi connectivity index (χ2v) is 5.53. The monoisotopic (exact) mass is 300 g/mol. The van der Waals surface area contributed by atoms with Gasteiger partial charge in [0, 0.05) is 19.5 Å². The van der Waals surface area contributed by atoms with Gasteiger partial charge in [0.15, 0.2) is 0 Å². The second-order valence-electron chi connectivity index (χ2n) is 5.53. The first-order chi connectivity index (χ1) is 9.91. The van der Waals surface area contributed by atoms with E-state index in [4.69, 9.17) is 10.2 Å². The summed E-state index contributed by atoms with van der Waals surface area (Å²) in [7, 11) is 1.68. The van der Waals surface area contributed by atoms with Crippen molar-refractivity contribution >= 4 is 18.0 Å². The molecule has 120 valence electrons. The van der Waals surface area contributed by atoms with Gasteiger partial charge in [0.1, 0.15) is 6.04 Å². The molecule has 1 saturated carbocycles. The molecule has 0 saturated heterocycles. The van der Waals surface area contributed by atoms with Gasteiger partial charge in [-0.1, -0.05) is 19.3 Å². The van der Waals surface area contributed by atoms with Crippen molar-refractivity contribution in [3.63, 3.8) is 0 Å². The molecule has 1 aliphatic carbocycles. The third-order valence-corrected chi connectivity index (χ3v) is 3.92. The van der Waals surface area contributed by atoms with Crippen molar-refractivity contribution < 1.29 is 24.6 Å². The Bertz CT molecular complexity index is 380. The molecule has 0 aromatic heterocycles. The Morgan fingerprint density at radius 1 is 1.19 bits per heavy atom. The van der Waals surface area contributed by atoms with Crippen LogP contribution in [0.2, 0.25) is 0 Å². The van der Waals surface area contributed by atoms with Crippen LogP contribution in [0.25, 0.3) is 0 Å². The normalized spacial score (nSPS) is 17.0. The minimum atomic E-state index is -1.13. The van der Waals surface area contributed by atoms with E-state index in [1.54, 1.807) is 11.9 Å². The third kappa shape index (κ3) is 6.01. The zero-order valence-electron chi connectivity index (χ0n) is 12.4. The number of carbonyl (C=O) groups excluding carboxylic acids is 1. The van der Waals surface area contributed by atoms with Crippen LogP contribution < -0.4 is 5.32 Å². The van der Waals surface area contributed by atoms with E-state index >= 15 is 0 Å². The maximum absolute atomic E-state index is 12.1. The van der Waals surface area contributed by atoms with E-state index in [9.17, 15) is 14.4 Å². The van der Waals surface area contributed by atoms with Crippen LogP contribution >= 0.6 is 0 Å². The fraction of sp³-hybridized carbons (Fsp3) is 0.786. The maximum atomic E-state index is 12.1. The molecule has 2 amide bonds. The quantitative estimate of drug-likeness (QED) is 0.663. The van der Waals surface area contributed by atoms with Crippen LogP contribution in [0.15, 0.2) is 0 Å². The van der Waals surface area contributed by atoms with Crippen molar-refractivity contribution in [3.05, 3.63) is 0 Å². The summed E-state index contributed by atoms with van der Waals surface area (Å²) in [5.41, 5.74) is 0. The summed E-state index contributed by atoms with van der Waals surface area (Å²) in [6, 6.07) is -1.28. The summed E-state index contributed by atoms with van der Waals surface area (Å²) < 4.78 is 0. The van der Waals surface area contributed by atoms with Gasteiger partial charge >= 0.3 is 18.0 Å². The minimum absolute atomic E-state index is 0.0991. The predicted molar refractivity (Wildman–Crippen MR) is 76.1 cm³/mol. The Hall–Kier alpha value is -1.79. The molecule has 1 fully saturated rings. The fourth-order valence-electron chi connectivity index (χ4n) is 2.60. The fourth-order valence-corrected chi connectivity index (χ4v) is 2.60. The summed E-state index contributed by atoms with van der Waals surface area (Å²) in [5, 5.41) is 20.1. The Morgan fingerprint density at radius 3 is 2.33 bits per heavy atom. The molecule has 0 aromatic rings. The molecule has 0 aromatic carbocycles. The van der Waals surface area contributed by atoms with Gasteiger partial charge in [-0.25, -0.2) is 9.59 Å². The number of amides is 2. The molecule has 0 bridgehead atoms. The lowest BCUT2D eigenvalue weighted by Gasteiger charge is -2.32. The van der Waals surface area contributed by atoms with Crippen LogP contribution in [0.5, 0.6) is 0 Å². The van der Waals surface area contributed by atoms with E-state index in [1.807, 2.05) is 0 Å². The number of hydrogen-bond acceptors (Lipinski definition) is 3. The number of rotatable bonds is 7. The first-order valence-corrected chi connectivity index (χ1v) is 7.39. The molecule has 3 N–H and O–H groups in total. The summed E-state index contributed by atoms with van der Waals surface area (Å²) in [6.07, 6.45) is 5.48. The first-order valence-electron chi connectivity index (χ1n) is 7.39. The van der Waals surface area contributed by atoms with Crippen LogP contribution in [0.1, 0.15) is 51.4 Å². The van der Waals surface area contributed by atoms with Crippen LogP contribution in [0.3, 0.4) is 0 Å². The van der Waals surface area contributed by atoms with E-state index < -0.39 is 24.0 Å². The molecule has 1 rings (SSSR count). The summed E-state index contributed by atoms with van der Waals surface area (Å²) in [5.74, 6) is -2.10. The Morgan fingerprint density at radius 2 is 1.81 bits per heavy atom. The molecule has 0 aliphatic heterocycles. The van der Waals surface area contributed by atoms with Gasteiger partial charge in [-0.3, -0.25) is 4.79 Å². The number of carboxylic acid groups (broad SMARTS) is 2. The van der Waals surface area contributed by atoms with E-state index in [1.165, 1.54) is 6.42 Å². The lowest BCUT2D eigenvalue weighted by molar-refractivity contribution is -0.140. The van der Waals surface area contributed by atoms with Crippen molar-refractivity contribution in [2.45, 2.75) is 63.5 Å². The van der Waals surface area contributed by atoms with Gasteiger partial charge in [0.25, 0.3) is 0 Å². The highest BCUT2D eigenvalue weighted by Crippen LogP contribution is 2.21. The molecule has 7 nitrogen and oxygen atoms in total. The van der Waals surface area contributed by atoms with Gasteiger partial charge in [0.05, 0.1) is 0 Å². The smallest absolute Gasteiger partial charge is 0.326 e. The lowest BCUT2D eigenvalue weighted by Crippen LogP contribution is -2.50. The molecule has 1 aliphatic rings. The standard InChI is InChI=1S/C14H24N2O5/c1-16(10-6-3-2-4-7-10)14(21)15-11(13(19)20)8-5-9-12(17)18/h10-11H,2-9H2,1H3,(H,15,21)(H,17,18)(H,19,20)/t11-/m1/s1. The van der Waals surface area contributed by atoms with Gasteiger partial charge < -0.3 is 20.4 Å². The molecule has 7 heteroatoms. The number of nitrogens with zero attached hydrogens (tertiary/aromatic N) is 1. The van der Waals surface area contributed by atoms with E-state index in [0.717, 1.165) is 25.7 Å². The Labute approximate surface area is 124 Å². The number of aliphatic carboxylic acids is 2. The topological polar surface area (TPSA) is 107 Å². The average molecular weight is 300 g/mol. The number of urea groups is 1. The molecule has 0 unspecified atom stereocenters. The van der Waals surface area contributed by atoms with Crippen LogP contribution in [-0.4, -0.2) is 52.2 Å². The minimum Gasteiger partial charge on any atom is -0.481 e. The summed E-state index contributed by atoms with van der Waals surface area (Å²) >= 11 is 0. The molecular formula is C14H24N2O5. The highest BCUT2D eigenvalue weighted by Gasteiger charge is 2.26. The second kappa shape index (κ2) is 8.49. The molecule has 0 heterocycles. The molecule has 1 atom stereocenters. The van der Waals surface area contributed by atoms with Crippen molar-refractivity contribution in [2.75, 3.05) is 7.05 Å². The molecule has 0 spiro atoms. The van der Waals surface area contributed by atoms with Crippen molar-refractivity contribution in [1.29, 1.82) is 0 Å². The van der Waals surface area contributed by atoms with Gasteiger partial charge in [-0.2, -0.15) is 0 Å². The van der Waals surface area contributed by atoms with Crippen LogP contribution in [-0.2, 0) is 9.59 Å². The SMILES string of the molecule is CN(C(=O)N[C@H](CCCC(=O)O)C(=O)O)C1CCCCC1. The van der Waals surface area contributed by atoms with Gasteiger partial charge in [0.2, 0.25) is 0 Å². The number of hydrogen-bond donors (Lipinski definition) is 3. The highest BCUT2D eigenvalue weighted by atomic mass is 16.4. The maximum Gasteiger partial charge on any atom is 0.326 e. The summed E-state index contributed by atoms with van der Waals surface area (Å²) in [6.45, 7) is 0. The van der Waals surface area contributed by atoms with Crippen LogP contribution in [0.4, 0.5) is 4.79 Å². The van der Waals surface area contributed by atoms with Crippen molar-refractivity contribution in [3.8, 4) is 0 Å². The van der Waals surface area contributed by atoms with Gasteiger partial charge in [-0.05, 0) is 25.7 Å².